The van der Waals surface area contributed by atoms with E-state index < -0.39 is 17.2 Å². The molecule has 0 aliphatic carbocycles. The number of hydrogen-bond donors (Lipinski definition) is 1. The fourth-order valence-electron chi connectivity index (χ4n) is 3.21. The first kappa shape index (κ1) is 20.6. The Kier molecular flexibility index (Phi) is 5.74. The molecular formula is C20H21ClN4O4. The van der Waals surface area contributed by atoms with Crippen LogP contribution in [0.5, 0.6) is 5.75 Å². The van der Waals surface area contributed by atoms with Gasteiger partial charge in [-0.1, -0.05) is 24.9 Å². The lowest BCUT2D eigenvalue weighted by Gasteiger charge is -2.16. The lowest BCUT2D eigenvalue weighted by molar-refractivity contribution is 0.102. The van der Waals surface area contributed by atoms with Gasteiger partial charge in [0.25, 0.3) is 11.5 Å². The first-order valence-corrected chi connectivity index (χ1v) is 9.40. The second-order valence-corrected chi connectivity index (χ2v) is 7.05. The number of nitrogens with zero attached hydrogens (tertiary/aromatic N) is 3. The molecule has 0 saturated carbocycles. The number of aryl methyl sites for hydroxylation is 2. The molecule has 2 aromatic heterocycles. The summed E-state index contributed by atoms with van der Waals surface area (Å²) in [6.07, 6.45) is 2.95. The van der Waals surface area contributed by atoms with Gasteiger partial charge in [-0.3, -0.25) is 18.7 Å². The molecular weight excluding hydrogens is 396 g/mol. The van der Waals surface area contributed by atoms with Gasteiger partial charge in [0.2, 0.25) is 0 Å². The zero-order chi connectivity index (χ0) is 21.3. The van der Waals surface area contributed by atoms with Gasteiger partial charge in [0.05, 0.1) is 18.4 Å². The largest absolute Gasteiger partial charge is 0.496 e. The fourth-order valence-corrected chi connectivity index (χ4v) is 3.38. The Balaban J connectivity index is 2.26. The normalized spacial score (nSPS) is 10.9. The first-order chi connectivity index (χ1) is 13.8. The average molecular weight is 417 g/mol. The number of rotatable bonds is 5. The van der Waals surface area contributed by atoms with Gasteiger partial charge in [0, 0.05) is 25.3 Å². The molecule has 3 aromatic rings. The van der Waals surface area contributed by atoms with Crippen LogP contribution in [0.2, 0.25) is 5.02 Å². The quantitative estimate of drug-likeness (QED) is 0.689. The highest BCUT2D eigenvalue weighted by Crippen LogP contribution is 2.27. The number of amides is 1. The Labute approximate surface area is 171 Å². The van der Waals surface area contributed by atoms with Crippen LogP contribution in [0.3, 0.4) is 0 Å². The van der Waals surface area contributed by atoms with Crippen molar-refractivity contribution in [1.82, 2.24) is 14.1 Å². The number of fused-ring (bicyclic) bond motifs is 1. The number of nitrogens with one attached hydrogen (secondary N) is 1. The Morgan fingerprint density at radius 3 is 2.62 bits per heavy atom. The molecule has 0 aliphatic heterocycles. The maximum absolute atomic E-state index is 13.0. The summed E-state index contributed by atoms with van der Waals surface area (Å²) in [7, 11) is 4.38. The fraction of sp³-hybridized carbons (Fsp3) is 0.300. The van der Waals surface area contributed by atoms with E-state index >= 15 is 0 Å². The summed E-state index contributed by atoms with van der Waals surface area (Å²) < 4.78 is 7.53. The molecule has 1 N–H and O–H groups in total. The monoisotopic (exact) mass is 416 g/mol. The number of carbonyl (C=O) groups excluding carboxylic acids is 1. The van der Waals surface area contributed by atoms with Crippen molar-refractivity contribution in [2.45, 2.75) is 19.8 Å². The summed E-state index contributed by atoms with van der Waals surface area (Å²) in [4.78, 5) is 42.5. The van der Waals surface area contributed by atoms with Crippen LogP contribution in [0.1, 0.15) is 29.3 Å². The van der Waals surface area contributed by atoms with Crippen LogP contribution < -0.4 is 21.3 Å². The van der Waals surface area contributed by atoms with Gasteiger partial charge >= 0.3 is 5.69 Å². The van der Waals surface area contributed by atoms with Crippen molar-refractivity contribution in [1.29, 1.82) is 0 Å². The van der Waals surface area contributed by atoms with E-state index in [4.69, 9.17) is 16.3 Å². The standard InChI is InChI=1S/C20H21ClN4O4/c1-5-6-11-10-22-17-15(19(27)25(3)20(28)24(17)2)16(11)23-18(26)13-9-12(21)7-8-14(13)29-4/h7-10H,5-6H2,1-4H3,(H,22,23,26). The molecule has 3 rings (SSSR count). The molecule has 0 atom stereocenters. The van der Waals surface area contributed by atoms with Gasteiger partial charge in [-0.25, -0.2) is 9.78 Å². The third-order valence-corrected chi connectivity index (χ3v) is 4.95. The number of carbonyl (C=O) groups is 1. The molecule has 0 aliphatic rings. The van der Waals surface area contributed by atoms with Crippen molar-refractivity contribution in [2.24, 2.45) is 14.1 Å². The summed E-state index contributed by atoms with van der Waals surface area (Å²) in [6, 6.07) is 4.71. The minimum Gasteiger partial charge on any atom is -0.496 e. The number of halogens is 1. The maximum atomic E-state index is 13.0. The summed E-state index contributed by atoms with van der Waals surface area (Å²) in [5.41, 5.74) is 0.444. The SMILES string of the molecule is CCCc1cnc2c(c1NC(=O)c1cc(Cl)ccc1OC)c(=O)n(C)c(=O)n2C. The Hall–Kier alpha value is -3.13. The molecule has 8 nitrogen and oxygen atoms in total. The second-order valence-electron chi connectivity index (χ2n) is 6.61. The minimum absolute atomic E-state index is 0.176. The minimum atomic E-state index is -0.526. The summed E-state index contributed by atoms with van der Waals surface area (Å²) in [5.74, 6) is -0.132. The third-order valence-electron chi connectivity index (χ3n) is 4.71. The summed E-state index contributed by atoms with van der Waals surface area (Å²) in [6.45, 7) is 1.98. The zero-order valence-corrected chi connectivity index (χ0v) is 17.3. The highest BCUT2D eigenvalue weighted by molar-refractivity contribution is 6.31. The molecule has 0 unspecified atom stereocenters. The van der Waals surface area contributed by atoms with E-state index in [9.17, 15) is 14.4 Å². The van der Waals surface area contributed by atoms with Gasteiger partial charge in [-0.15, -0.1) is 0 Å². The lowest BCUT2D eigenvalue weighted by Crippen LogP contribution is -2.38. The number of pyridine rings is 1. The van der Waals surface area contributed by atoms with Crippen molar-refractivity contribution in [3.05, 3.63) is 61.4 Å². The average Bonchev–Trinajstić information content (AvgIpc) is 2.71. The van der Waals surface area contributed by atoms with E-state index in [1.165, 1.54) is 31.8 Å². The molecule has 0 spiro atoms. The predicted molar refractivity (Wildman–Crippen MR) is 112 cm³/mol. The smallest absolute Gasteiger partial charge is 0.332 e. The Morgan fingerprint density at radius 2 is 1.97 bits per heavy atom. The molecule has 1 aromatic carbocycles. The van der Waals surface area contributed by atoms with Gasteiger partial charge in [0.15, 0.2) is 5.65 Å². The molecule has 29 heavy (non-hydrogen) atoms. The molecule has 1 amide bonds. The van der Waals surface area contributed by atoms with E-state index in [0.717, 1.165) is 11.0 Å². The van der Waals surface area contributed by atoms with Gasteiger partial charge in [0.1, 0.15) is 11.1 Å². The third kappa shape index (κ3) is 3.63. The highest BCUT2D eigenvalue weighted by atomic mass is 35.5. The zero-order valence-electron chi connectivity index (χ0n) is 16.6. The van der Waals surface area contributed by atoms with Gasteiger partial charge < -0.3 is 10.1 Å². The lowest BCUT2D eigenvalue weighted by atomic mass is 10.1. The predicted octanol–water partition coefficient (Wildman–Crippen LogP) is 2.50. The summed E-state index contributed by atoms with van der Waals surface area (Å²) in [5, 5.41) is 3.38. The number of anilines is 1. The maximum Gasteiger partial charge on any atom is 0.332 e. The topological polar surface area (TPSA) is 95.2 Å². The Morgan fingerprint density at radius 1 is 1.24 bits per heavy atom. The van der Waals surface area contributed by atoms with Crippen LogP contribution in [0.15, 0.2) is 34.0 Å². The second kappa shape index (κ2) is 8.08. The van der Waals surface area contributed by atoms with E-state index in [-0.39, 0.29) is 16.6 Å². The molecule has 0 saturated heterocycles. The van der Waals surface area contributed by atoms with Crippen molar-refractivity contribution in [3.8, 4) is 5.75 Å². The highest BCUT2D eigenvalue weighted by Gasteiger charge is 2.21. The van der Waals surface area contributed by atoms with Crippen LogP contribution in [0.25, 0.3) is 11.0 Å². The molecule has 0 fully saturated rings. The van der Waals surface area contributed by atoms with Crippen molar-refractivity contribution >= 4 is 34.2 Å². The summed E-state index contributed by atoms with van der Waals surface area (Å²) >= 11 is 6.04. The number of ether oxygens (including phenoxy) is 1. The first-order valence-electron chi connectivity index (χ1n) is 9.02. The molecule has 152 valence electrons. The number of hydrogen-bond acceptors (Lipinski definition) is 5. The van der Waals surface area contributed by atoms with Crippen LogP contribution >= 0.6 is 11.6 Å². The Bertz CT molecular complexity index is 1230. The molecule has 0 radical (unpaired) electrons. The van der Waals surface area contributed by atoms with Crippen molar-refractivity contribution in [3.63, 3.8) is 0 Å². The van der Waals surface area contributed by atoms with Gasteiger partial charge in [-0.2, -0.15) is 0 Å². The van der Waals surface area contributed by atoms with Crippen LogP contribution in [-0.2, 0) is 20.5 Å². The van der Waals surface area contributed by atoms with E-state index in [1.54, 1.807) is 18.3 Å². The van der Waals surface area contributed by atoms with Crippen LogP contribution in [0, 0.1) is 0 Å². The van der Waals surface area contributed by atoms with E-state index in [2.05, 4.69) is 10.3 Å². The number of methoxy groups -OCH3 is 1. The van der Waals surface area contributed by atoms with Crippen molar-refractivity contribution < 1.29 is 9.53 Å². The van der Waals surface area contributed by atoms with Gasteiger partial charge in [-0.05, 0) is 30.2 Å². The van der Waals surface area contributed by atoms with Crippen LogP contribution in [0.4, 0.5) is 5.69 Å². The van der Waals surface area contributed by atoms with Crippen LogP contribution in [-0.4, -0.2) is 27.1 Å². The number of aromatic nitrogens is 3. The van der Waals surface area contributed by atoms with E-state index in [1.807, 2.05) is 6.92 Å². The molecule has 2 heterocycles. The van der Waals surface area contributed by atoms with E-state index in [0.29, 0.717) is 28.4 Å². The molecule has 9 heteroatoms. The number of benzene rings is 1. The molecule has 0 bridgehead atoms. The van der Waals surface area contributed by atoms with Crippen molar-refractivity contribution in [2.75, 3.05) is 12.4 Å².